The Balaban J connectivity index is 0.000000241. The maximum absolute atomic E-state index is 10.8. The van der Waals surface area contributed by atoms with Gasteiger partial charge >= 0.3 is 5.97 Å². The van der Waals surface area contributed by atoms with Crippen LogP contribution in [0, 0.1) is 17.0 Å². The number of aromatic carboxylic acids is 1. The van der Waals surface area contributed by atoms with E-state index in [-0.39, 0.29) is 11.3 Å². The van der Waals surface area contributed by atoms with Gasteiger partial charge in [0.1, 0.15) is 0 Å². The molecule has 8 nitrogen and oxygen atoms in total. The second-order valence-corrected chi connectivity index (χ2v) is 10.9. The molecule has 9 heteroatoms. The van der Waals surface area contributed by atoms with Crippen LogP contribution in [0.25, 0.3) is 12.2 Å². The third-order valence-electron chi connectivity index (χ3n) is 6.83. The fourth-order valence-electron chi connectivity index (χ4n) is 4.49. The number of carboxylic acids is 1. The predicted octanol–water partition coefficient (Wildman–Crippen LogP) is 9.41. The lowest BCUT2D eigenvalue weighted by Gasteiger charge is -2.24. The van der Waals surface area contributed by atoms with Crippen LogP contribution < -0.4 is 16.8 Å². The van der Waals surface area contributed by atoms with Crippen molar-refractivity contribution in [2.45, 2.75) is 58.9 Å². The van der Waals surface area contributed by atoms with Crippen molar-refractivity contribution in [1.82, 2.24) is 0 Å². The zero-order valence-electron chi connectivity index (χ0n) is 26.1. The number of anilines is 3. The SMILES string of the molecule is C/C=C\c1cc(C)ccc1N.C\C=C/C(=C\C=C\c1ccc(Cl)cc1)[N+](=O)[O-].Nc1cc(C(=O)O)ccc1NC1CCCCC1. The highest BCUT2D eigenvalue weighted by Crippen LogP contribution is 2.26. The molecular weight excluding hydrogens is 588 g/mol. The highest BCUT2D eigenvalue weighted by molar-refractivity contribution is 6.30. The van der Waals surface area contributed by atoms with Gasteiger partial charge in [-0.15, -0.1) is 0 Å². The number of nitrogens with one attached hydrogen (secondary N) is 1. The van der Waals surface area contributed by atoms with Crippen molar-refractivity contribution < 1.29 is 14.8 Å². The molecule has 0 aromatic heterocycles. The van der Waals surface area contributed by atoms with Gasteiger partial charge in [0.2, 0.25) is 0 Å². The number of halogens is 1. The maximum Gasteiger partial charge on any atom is 0.335 e. The summed E-state index contributed by atoms with van der Waals surface area (Å²) in [6.45, 7) is 5.79. The van der Waals surface area contributed by atoms with E-state index in [1.165, 1.54) is 55.9 Å². The highest BCUT2D eigenvalue weighted by Gasteiger charge is 2.14. The standard InChI is InChI=1S/C13H12ClNO2.C13H18N2O2.C10H13N/c1-2-4-13(15(16)17)6-3-5-11-7-9-12(14)10-8-11;14-11-8-9(13(16)17)6-7-12(11)15-10-4-2-1-3-5-10;1-3-4-9-7-8(2)5-6-10(9)11/h2-10H,1H3;6-8,10,15H,1-5,14H2,(H,16,17);3-7H,11H2,1-2H3/b4-2-,5-3+,13-6+;;4-3-. The molecule has 0 bridgehead atoms. The van der Waals surface area contributed by atoms with Gasteiger partial charge in [-0.25, -0.2) is 4.79 Å². The number of allylic oxidation sites excluding steroid dienone is 5. The average molecular weight is 631 g/mol. The Morgan fingerprint density at radius 2 is 1.64 bits per heavy atom. The molecule has 1 saturated carbocycles. The van der Waals surface area contributed by atoms with Crippen molar-refractivity contribution in [2.24, 2.45) is 0 Å². The van der Waals surface area contributed by atoms with Gasteiger partial charge in [-0.05, 0) is 87.2 Å². The van der Waals surface area contributed by atoms with E-state index >= 15 is 0 Å². The Kier molecular flexibility index (Phi) is 15.7. The Morgan fingerprint density at radius 1 is 0.956 bits per heavy atom. The molecule has 0 radical (unpaired) electrons. The third kappa shape index (κ3) is 13.6. The van der Waals surface area contributed by atoms with Gasteiger partial charge in [0.15, 0.2) is 0 Å². The van der Waals surface area contributed by atoms with Gasteiger partial charge < -0.3 is 21.9 Å². The summed E-state index contributed by atoms with van der Waals surface area (Å²) in [6.07, 6.45) is 18.1. The van der Waals surface area contributed by atoms with E-state index in [2.05, 4.69) is 18.3 Å². The van der Waals surface area contributed by atoms with Crippen LogP contribution in [0.15, 0.2) is 96.7 Å². The largest absolute Gasteiger partial charge is 0.478 e. The normalized spacial score (nSPS) is 13.6. The first-order chi connectivity index (χ1) is 21.5. The zero-order chi connectivity index (χ0) is 33.2. The lowest BCUT2D eigenvalue weighted by atomic mass is 9.95. The number of carbonyl (C=O) groups is 1. The second kappa shape index (κ2) is 19.5. The number of nitrogens with two attached hydrogens (primary N) is 2. The molecule has 1 fully saturated rings. The molecule has 0 spiro atoms. The molecule has 45 heavy (non-hydrogen) atoms. The summed E-state index contributed by atoms with van der Waals surface area (Å²) in [7, 11) is 0. The molecule has 0 amide bonds. The molecular formula is C36H43ClN4O4. The number of aryl methyl sites for hydroxylation is 1. The zero-order valence-corrected chi connectivity index (χ0v) is 26.8. The highest BCUT2D eigenvalue weighted by atomic mass is 35.5. The van der Waals surface area contributed by atoms with E-state index in [9.17, 15) is 14.9 Å². The van der Waals surface area contributed by atoms with Crippen molar-refractivity contribution in [2.75, 3.05) is 16.8 Å². The lowest BCUT2D eigenvalue weighted by molar-refractivity contribution is -0.419. The molecule has 0 unspecified atom stereocenters. The minimum absolute atomic E-state index is 0.0534. The summed E-state index contributed by atoms with van der Waals surface area (Å²) in [4.78, 5) is 21.0. The summed E-state index contributed by atoms with van der Waals surface area (Å²) in [5.41, 5.74) is 17.3. The van der Waals surface area contributed by atoms with Crippen molar-refractivity contribution in [1.29, 1.82) is 0 Å². The summed E-state index contributed by atoms with van der Waals surface area (Å²) < 4.78 is 0. The molecule has 3 aromatic rings. The molecule has 4 rings (SSSR count). The quantitative estimate of drug-likeness (QED) is 0.0839. The van der Waals surface area contributed by atoms with Crippen LogP contribution in [0.1, 0.15) is 73.0 Å². The maximum atomic E-state index is 10.8. The van der Waals surface area contributed by atoms with Gasteiger partial charge in [0.25, 0.3) is 5.70 Å². The summed E-state index contributed by atoms with van der Waals surface area (Å²) >= 11 is 5.74. The van der Waals surface area contributed by atoms with Gasteiger partial charge in [-0.2, -0.15) is 0 Å². The van der Waals surface area contributed by atoms with E-state index in [4.69, 9.17) is 28.2 Å². The van der Waals surface area contributed by atoms with Crippen molar-refractivity contribution in [3.63, 3.8) is 0 Å². The Labute approximate surface area is 271 Å². The van der Waals surface area contributed by atoms with Gasteiger partial charge in [0, 0.05) is 28.9 Å². The van der Waals surface area contributed by atoms with Crippen LogP contribution in [0.4, 0.5) is 17.1 Å². The Bertz CT molecular complexity index is 1520. The summed E-state index contributed by atoms with van der Waals surface area (Å²) in [5, 5.41) is 23.5. The first kappa shape index (κ1) is 36.4. The Morgan fingerprint density at radius 3 is 2.22 bits per heavy atom. The van der Waals surface area contributed by atoms with E-state index in [1.807, 2.05) is 43.3 Å². The van der Waals surface area contributed by atoms with Crippen molar-refractivity contribution in [3.05, 3.63) is 134 Å². The Hall–Kier alpha value is -4.82. The minimum Gasteiger partial charge on any atom is -0.478 e. The van der Waals surface area contributed by atoms with E-state index in [0.29, 0.717) is 16.8 Å². The van der Waals surface area contributed by atoms with Crippen molar-refractivity contribution >= 4 is 46.8 Å². The van der Waals surface area contributed by atoms with Gasteiger partial charge in [0.05, 0.1) is 21.9 Å². The monoisotopic (exact) mass is 630 g/mol. The topological polar surface area (TPSA) is 145 Å². The first-order valence-corrected chi connectivity index (χ1v) is 15.2. The number of rotatable bonds is 8. The molecule has 1 aliphatic rings. The lowest BCUT2D eigenvalue weighted by Crippen LogP contribution is -2.22. The molecule has 0 aliphatic heterocycles. The van der Waals surface area contributed by atoms with Crippen LogP contribution in [0.2, 0.25) is 5.02 Å². The third-order valence-corrected chi connectivity index (χ3v) is 7.08. The van der Waals surface area contributed by atoms with Gasteiger partial charge in [-0.1, -0.05) is 85.0 Å². The fourth-order valence-corrected chi connectivity index (χ4v) is 4.62. The van der Waals surface area contributed by atoms with Gasteiger partial charge in [-0.3, -0.25) is 10.1 Å². The molecule has 1 aliphatic carbocycles. The van der Waals surface area contributed by atoms with Crippen LogP contribution in [0.5, 0.6) is 0 Å². The predicted molar refractivity (Wildman–Crippen MR) is 189 cm³/mol. The van der Waals surface area contributed by atoms with E-state index < -0.39 is 10.9 Å². The number of nitrogens with zero attached hydrogens (tertiary/aromatic N) is 1. The number of nitro groups is 1. The molecule has 0 heterocycles. The van der Waals surface area contributed by atoms with Crippen LogP contribution in [-0.2, 0) is 0 Å². The number of hydrogen-bond acceptors (Lipinski definition) is 6. The number of hydrogen-bond donors (Lipinski definition) is 4. The number of nitrogen functional groups attached to an aromatic ring is 2. The molecule has 0 atom stereocenters. The number of carboxylic acid groups (broad SMARTS) is 1. The van der Waals surface area contributed by atoms with E-state index in [0.717, 1.165) is 22.5 Å². The van der Waals surface area contributed by atoms with Crippen LogP contribution in [-0.4, -0.2) is 22.0 Å². The summed E-state index contributed by atoms with van der Waals surface area (Å²) in [6, 6.07) is 18.6. The second-order valence-electron chi connectivity index (χ2n) is 10.5. The van der Waals surface area contributed by atoms with Crippen LogP contribution >= 0.6 is 11.6 Å². The molecule has 3 aromatic carbocycles. The molecule has 0 saturated heterocycles. The first-order valence-electron chi connectivity index (χ1n) is 14.8. The van der Waals surface area contributed by atoms with E-state index in [1.54, 1.807) is 49.4 Å². The number of benzene rings is 3. The van der Waals surface area contributed by atoms with Crippen molar-refractivity contribution in [3.8, 4) is 0 Å². The molecule has 238 valence electrons. The minimum atomic E-state index is -0.944. The average Bonchev–Trinajstić information content (AvgIpc) is 3.02. The van der Waals surface area contributed by atoms with Crippen LogP contribution in [0.3, 0.4) is 0 Å². The molecule has 6 N–H and O–H groups in total. The fraction of sp³-hybridized carbons (Fsp3) is 0.250. The smallest absolute Gasteiger partial charge is 0.335 e. The summed E-state index contributed by atoms with van der Waals surface area (Å²) in [5.74, 6) is -0.944.